The van der Waals surface area contributed by atoms with E-state index in [1.54, 1.807) is 0 Å². The molecule has 6 nitrogen and oxygen atoms in total. The highest BCUT2D eigenvalue weighted by Gasteiger charge is 2.22. The van der Waals surface area contributed by atoms with Crippen molar-refractivity contribution in [2.75, 3.05) is 32.8 Å². The summed E-state index contributed by atoms with van der Waals surface area (Å²) in [7, 11) is 0. The molecule has 1 saturated heterocycles. The Hall–Kier alpha value is -2.22. The first-order valence-corrected chi connectivity index (χ1v) is 11.4. The van der Waals surface area contributed by atoms with E-state index in [4.69, 9.17) is 4.74 Å². The van der Waals surface area contributed by atoms with Crippen LogP contribution >= 0.6 is 11.3 Å². The summed E-state index contributed by atoms with van der Waals surface area (Å²) in [5.74, 6) is 0.599. The van der Waals surface area contributed by atoms with Crippen molar-refractivity contribution in [2.24, 2.45) is 5.92 Å². The lowest BCUT2D eigenvalue weighted by atomic mass is 10.2. The number of rotatable bonds is 7. The van der Waals surface area contributed by atoms with Gasteiger partial charge in [-0.1, -0.05) is 44.2 Å². The molecule has 1 N–H and O–H groups in total. The molecule has 1 aliphatic heterocycles. The zero-order valence-electron chi connectivity index (χ0n) is 17.9. The Morgan fingerprint density at radius 1 is 1.33 bits per heavy atom. The first-order chi connectivity index (χ1) is 14.5. The zero-order valence-corrected chi connectivity index (χ0v) is 18.7. The third-order valence-electron chi connectivity index (χ3n) is 5.34. The summed E-state index contributed by atoms with van der Waals surface area (Å²) >= 11 is 1.50. The van der Waals surface area contributed by atoms with Crippen molar-refractivity contribution in [3.05, 3.63) is 52.5 Å². The van der Waals surface area contributed by atoms with Gasteiger partial charge in [-0.25, -0.2) is 0 Å². The Bertz CT molecular complexity index is 995. The highest BCUT2D eigenvalue weighted by atomic mass is 32.1. The van der Waals surface area contributed by atoms with E-state index in [1.807, 2.05) is 35.9 Å². The van der Waals surface area contributed by atoms with Crippen molar-refractivity contribution in [2.45, 2.75) is 33.4 Å². The topological polar surface area (TPSA) is 59.4 Å². The number of fused-ring (bicyclic) bond motifs is 1. The van der Waals surface area contributed by atoms with Crippen LogP contribution in [-0.2, 0) is 11.3 Å². The number of carbonyl (C=O) groups excluding carboxylic acids is 1. The molecule has 4 rings (SSSR count). The summed E-state index contributed by atoms with van der Waals surface area (Å²) in [6, 6.07) is 12.2. The third-order valence-corrected chi connectivity index (χ3v) is 6.49. The fourth-order valence-electron chi connectivity index (χ4n) is 3.97. The number of benzene rings is 1. The minimum atomic E-state index is -0.0357. The summed E-state index contributed by atoms with van der Waals surface area (Å²) < 4.78 is 7.85. The number of amides is 1. The van der Waals surface area contributed by atoms with Crippen molar-refractivity contribution >= 4 is 27.5 Å². The van der Waals surface area contributed by atoms with E-state index in [-0.39, 0.29) is 12.0 Å². The minimum Gasteiger partial charge on any atom is -0.374 e. The van der Waals surface area contributed by atoms with Crippen molar-refractivity contribution < 1.29 is 9.53 Å². The second-order valence-corrected chi connectivity index (χ2v) is 9.45. The van der Waals surface area contributed by atoms with E-state index in [0.29, 0.717) is 19.0 Å². The maximum atomic E-state index is 12.8. The molecule has 0 saturated carbocycles. The Balaban J connectivity index is 1.41. The van der Waals surface area contributed by atoms with E-state index in [9.17, 15) is 4.79 Å². The Morgan fingerprint density at radius 2 is 2.13 bits per heavy atom. The lowest BCUT2D eigenvalue weighted by Crippen LogP contribution is -2.48. The number of nitrogens with zero attached hydrogens (tertiary/aromatic N) is 3. The van der Waals surface area contributed by atoms with Gasteiger partial charge >= 0.3 is 0 Å². The zero-order chi connectivity index (χ0) is 21.1. The molecule has 7 heteroatoms. The highest BCUT2D eigenvalue weighted by molar-refractivity contribution is 7.20. The normalized spacial score (nSPS) is 17.7. The maximum Gasteiger partial charge on any atom is 0.261 e. The highest BCUT2D eigenvalue weighted by Crippen LogP contribution is 2.29. The lowest BCUT2D eigenvalue weighted by molar-refractivity contribution is -0.0295. The average molecular weight is 427 g/mol. The molecule has 2 aromatic heterocycles. The molecule has 1 unspecified atom stereocenters. The Morgan fingerprint density at radius 3 is 2.90 bits per heavy atom. The molecule has 0 spiro atoms. The molecule has 160 valence electrons. The molecule has 1 aromatic carbocycles. The molecule has 0 radical (unpaired) electrons. The first-order valence-electron chi connectivity index (χ1n) is 10.6. The third kappa shape index (κ3) is 4.91. The minimum absolute atomic E-state index is 0.0357. The summed E-state index contributed by atoms with van der Waals surface area (Å²) in [5, 5.41) is 8.79. The molecule has 3 heterocycles. The maximum absolute atomic E-state index is 12.8. The Kier molecular flexibility index (Phi) is 6.51. The molecule has 0 aliphatic carbocycles. The van der Waals surface area contributed by atoms with Gasteiger partial charge < -0.3 is 10.1 Å². The fourth-order valence-corrected chi connectivity index (χ4v) is 5.05. The molecule has 0 bridgehead atoms. The SMILES string of the molecule is Cc1nn(Cc2ccccc2)c2sc(C(=O)NCC3CN(CC(C)C)CCO3)cc12. The summed E-state index contributed by atoms with van der Waals surface area (Å²) in [6.45, 7) is 11.3. The quantitative estimate of drug-likeness (QED) is 0.628. The van der Waals surface area contributed by atoms with Gasteiger partial charge in [0.1, 0.15) is 4.83 Å². The number of morpholine rings is 1. The van der Waals surface area contributed by atoms with Gasteiger partial charge in [0, 0.05) is 31.6 Å². The monoisotopic (exact) mass is 426 g/mol. The van der Waals surface area contributed by atoms with Crippen LogP contribution in [0.1, 0.15) is 34.8 Å². The van der Waals surface area contributed by atoms with E-state index >= 15 is 0 Å². The number of hydrogen-bond donors (Lipinski definition) is 1. The van der Waals surface area contributed by atoms with Gasteiger partial charge in [0.05, 0.1) is 29.8 Å². The summed E-state index contributed by atoms with van der Waals surface area (Å²) in [4.78, 5) is 17.0. The predicted octanol–water partition coefficient (Wildman–Crippen LogP) is 3.54. The van der Waals surface area contributed by atoms with Crippen molar-refractivity contribution in [3.8, 4) is 0 Å². The van der Waals surface area contributed by atoms with Crippen molar-refractivity contribution in [3.63, 3.8) is 0 Å². The van der Waals surface area contributed by atoms with Gasteiger partial charge in [0.2, 0.25) is 0 Å². The number of ether oxygens (including phenoxy) is 1. The van der Waals surface area contributed by atoms with Crippen molar-refractivity contribution in [1.29, 1.82) is 0 Å². The van der Waals surface area contributed by atoms with E-state index in [1.165, 1.54) is 16.9 Å². The predicted molar refractivity (Wildman–Crippen MR) is 121 cm³/mol. The van der Waals surface area contributed by atoms with Crippen LogP contribution in [0.2, 0.25) is 0 Å². The standard InChI is InChI=1S/C23H30N4O2S/c1-16(2)13-26-9-10-29-19(15-26)12-24-22(28)21-11-20-17(3)25-27(23(20)30-21)14-18-7-5-4-6-8-18/h4-8,11,16,19H,9-10,12-15H2,1-3H3,(H,24,28). The molecule has 1 atom stereocenters. The largest absolute Gasteiger partial charge is 0.374 e. The van der Waals surface area contributed by atoms with Crippen LogP contribution < -0.4 is 5.32 Å². The smallest absolute Gasteiger partial charge is 0.261 e. The van der Waals surface area contributed by atoms with E-state index in [0.717, 1.165) is 47.0 Å². The summed E-state index contributed by atoms with van der Waals surface area (Å²) in [6.07, 6.45) is 0.0473. The van der Waals surface area contributed by atoms with Crippen LogP contribution in [0.25, 0.3) is 10.2 Å². The van der Waals surface area contributed by atoms with Crippen molar-refractivity contribution in [1.82, 2.24) is 20.0 Å². The number of nitrogens with one attached hydrogen (secondary N) is 1. The number of aryl methyl sites for hydroxylation is 1. The van der Waals surface area contributed by atoms with Gasteiger partial charge in [-0.3, -0.25) is 14.4 Å². The van der Waals surface area contributed by atoms with Crippen LogP contribution in [0, 0.1) is 12.8 Å². The van der Waals surface area contributed by atoms with Crippen LogP contribution in [0.4, 0.5) is 0 Å². The van der Waals surface area contributed by atoms with Gasteiger partial charge in [-0.05, 0) is 24.5 Å². The lowest BCUT2D eigenvalue weighted by Gasteiger charge is -2.33. The van der Waals surface area contributed by atoms with Gasteiger partial charge in [0.25, 0.3) is 5.91 Å². The van der Waals surface area contributed by atoms with Gasteiger partial charge in [-0.15, -0.1) is 11.3 Å². The molecule has 1 fully saturated rings. The number of hydrogen-bond acceptors (Lipinski definition) is 5. The number of thiophene rings is 1. The van der Waals surface area contributed by atoms with Crippen LogP contribution in [0.5, 0.6) is 0 Å². The van der Waals surface area contributed by atoms with E-state index in [2.05, 4.69) is 41.3 Å². The van der Waals surface area contributed by atoms with Gasteiger partial charge in [-0.2, -0.15) is 5.10 Å². The first kappa shape index (κ1) is 21.0. The molecule has 30 heavy (non-hydrogen) atoms. The molecule has 1 aliphatic rings. The van der Waals surface area contributed by atoms with Crippen LogP contribution in [-0.4, -0.2) is 59.5 Å². The summed E-state index contributed by atoms with van der Waals surface area (Å²) in [5.41, 5.74) is 2.15. The van der Waals surface area contributed by atoms with Crippen LogP contribution in [0.15, 0.2) is 36.4 Å². The fraction of sp³-hybridized carbons (Fsp3) is 0.478. The molecular formula is C23H30N4O2S. The van der Waals surface area contributed by atoms with Crippen LogP contribution in [0.3, 0.4) is 0 Å². The average Bonchev–Trinajstić information content (AvgIpc) is 3.28. The number of aromatic nitrogens is 2. The number of carbonyl (C=O) groups is 1. The molecular weight excluding hydrogens is 396 g/mol. The molecule has 3 aromatic rings. The van der Waals surface area contributed by atoms with E-state index < -0.39 is 0 Å². The van der Waals surface area contributed by atoms with Gasteiger partial charge in [0.15, 0.2) is 0 Å². The second-order valence-electron chi connectivity index (χ2n) is 8.41. The molecule has 1 amide bonds. The second kappa shape index (κ2) is 9.29. The Labute approximate surface area is 181 Å².